The van der Waals surface area contributed by atoms with Gasteiger partial charge in [-0.15, -0.1) is 0 Å². The maximum absolute atomic E-state index is 10.2. The van der Waals surface area contributed by atoms with Crippen LogP contribution in [0.5, 0.6) is 0 Å². The summed E-state index contributed by atoms with van der Waals surface area (Å²) in [4.78, 5) is 152. The molecule has 0 saturated carbocycles. The average molecular weight is 1140 g/mol. The van der Waals surface area contributed by atoms with Crippen molar-refractivity contribution in [2.45, 2.75) is 0 Å². The SMILES string of the molecule is [Cu+2].[Cu+2].[Cu+2].[Cu+2].[Cu+2].[Cu+2].[Cu+2].[Cu+2].[Cu+2].[O-][Si]([O-])([O-])F.[O-][Si]([O-])([O-])F.[O-][Si]([O-])([O-])F.[O-][Si]([O-])([O-])F.[O-][Si]([O-])([O-])F.[O-][Si]([O-])([O-])F. The van der Waals surface area contributed by atoms with Crippen molar-refractivity contribution >= 4 is 54.8 Å². The molecule has 0 aliphatic rings. The standard InChI is InChI=1S/9Cu.6FO3Si/c;;;;;;;;;6*1-5(2,3)4/q9*+2;6*-3. The van der Waals surface area contributed by atoms with Crippen LogP contribution in [-0.4, -0.2) is 54.8 Å². The van der Waals surface area contributed by atoms with E-state index in [0.717, 1.165) is 0 Å². The predicted octanol–water partition coefficient (Wildman–Crippen LogP) is -21.2. The van der Waals surface area contributed by atoms with Crippen LogP contribution in [0.3, 0.4) is 0 Å². The third-order valence-electron chi connectivity index (χ3n) is 0. The Balaban J connectivity index is -0.0000000130. The van der Waals surface area contributed by atoms with Gasteiger partial charge in [-0.05, 0) is 0 Å². The smallest absolute Gasteiger partial charge is 0.857 e. The second kappa shape index (κ2) is 45.0. The summed E-state index contributed by atoms with van der Waals surface area (Å²) in [5.41, 5.74) is 0. The summed E-state index contributed by atoms with van der Waals surface area (Å²) in [6.07, 6.45) is 0. The molecule has 273 valence electrons. The summed E-state index contributed by atoms with van der Waals surface area (Å²) >= 11 is 0. The largest absolute Gasteiger partial charge is 2.00 e. The van der Waals surface area contributed by atoms with Crippen molar-refractivity contribution in [1.29, 1.82) is 0 Å². The Morgan fingerprint density at radius 1 is 0.179 bits per heavy atom. The molecule has 39 heteroatoms. The van der Waals surface area contributed by atoms with E-state index in [-0.39, 0.29) is 154 Å². The summed E-state index contributed by atoms with van der Waals surface area (Å²) < 4.78 is 61.0. The van der Waals surface area contributed by atoms with E-state index in [1.54, 1.807) is 0 Å². The molecule has 0 heterocycles. The third kappa shape index (κ3) is 3050. The minimum absolute atomic E-state index is 0. The van der Waals surface area contributed by atoms with E-state index in [9.17, 15) is 24.6 Å². The van der Waals surface area contributed by atoms with Crippen molar-refractivity contribution in [2.24, 2.45) is 0 Å². The van der Waals surface area contributed by atoms with Gasteiger partial charge >= 0.3 is 154 Å². The van der Waals surface area contributed by atoms with Crippen LogP contribution in [0.15, 0.2) is 0 Å². The maximum atomic E-state index is 10.2. The van der Waals surface area contributed by atoms with Gasteiger partial charge in [-0.25, -0.2) is 0 Å². The Bertz CT molecular complexity index is 258. The molecule has 0 amide bonds. The van der Waals surface area contributed by atoms with Gasteiger partial charge in [-0.1, -0.05) is 54.8 Å². The summed E-state index contributed by atoms with van der Waals surface area (Å²) in [6.45, 7) is 0. The van der Waals surface area contributed by atoms with Crippen molar-refractivity contribution in [3.05, 3.63) is 0 Å². The van der Waals surface area contributed by atoms with Crippen LogP contribution < -0.4 is 86.3 Å². The summed E-state index contributed by atoms with van der Waals surface area (Å²) in [7, 11) is -35.2. The minimum atomic E-state index is -5.86. The van der Waals surface area contributed by atoms with Crippen LogP contribution in [0, 0.1) is 0 Å². The van der Waals surface area contributed by atoms with Gasteiger partial charge in [0.2, 0.25) is 0 Å². The van der Waals surface area contributed by atoms with Crippen LogP contribution in [0.25, 0.3) is 0 Å². The first-order valence-corrected chi connectivity index (χ1v) is 14.4. The molecule has 0 spiro atoms. The fourth-order valence-electron chi connectivity index (χ4n) is 0. The van der Waals surface area contributed by atoms with E-state index < -0.39 is 54.8 Å². The van der Waals surface area contributed by atoms with Gasteiger partial charge in [-0.2, -0.15) is 0 Å². The molecule has 0 aromatic rings. The Kier molecular flexibility index (Phi) is 112. The Morgan fingerprint density at radius 3 is 0.179 bits per heavy atom. The van der Waals surface area contributed by atoms with Crippen molar-refractivity contribution in [2.75, 3.05) is 0 Å². The third-order valence-corrected chi connectivity index (χ3v) is 0. The van der Waals surface area contributed by atoms with Gasteiger partial charge in [0.25, 0.3) is 0 Å². The van der Waals surface area contributed by atoms with Crippen molar-refractivity contribution in [3.63, 3.8) is 0 Å². The van der Waals surface area contributed by atoms with Crippen molar-refractivity contribution < 1.29 is 265 Å². The number of halogens is 6. The van der Waals surface area contributed by atoms with Crippen LogP contribution in [0.4, 0.5) is 24.6 Å². The van der Waals surface area contributed by atoms with E-state index in [4.69, 9.17) is 86.3 Å². The van der Waals surface area contributed by atoms with E-state index in [1.807, 2.05) is 0 Å². The maximum Gasteiger partial charge on any atom is 2.00 e. The molecule has 0 aliphatic heterocycles. The molecule has 18 nitrogen and oxygen atoms in total. The predicted molar refractivity (Wildman–Crippen MR) is 41.2 cm³/mol. The van der Waals surface area contributed by atoms with Crippen LogP contribution in [0.1, 0.15) is 0 Å². The molecule has 9 radical (unpaired) electrons. The van der Waals surface area contributed by atoms with Crippen LogP contribution in [0.2, 0.25) is 0 Å². The van der Waals surface area contributed by atoms with E-state index >= 15 is 0 Å². The number of hydrogen-bond acceptors (Lipinski definition) is 18. The fourth-order valence-corrected chi connectivity index (χ4v) is 0. The van der Waals surface area contributed by atoms with Crippen LogP contribution in [-0.2, 0) is 154 Å². The van der Waals surface area contributed by atoms with Gasteiger partial charge in [0.05, 0.1) is 0 Å². The first-order valence-electron chi connectivity index (χ1n) is 4.81. The van der Waals surface area contributed by atoms with Gasteiger partial charge in [-0.3, -0.25) is 0 Å². The van der Waals surface area contributed by atoms with Gasteiger partial charge in [0, 0.05) is 0 Å². The molecule has 39 heavy (non-hydrogen) atoms. The molecular formula is Cu9F6O18Si6. The second-order valence-electron chi connectivity index (χ2n) is 2.89. The van der Waals surface area contributed by atoms with E-state index in [0.29, 0.717) is 0 Å². The molecule has 0 atom stereocenters. The molecule has 0 unspecified atom stereocenters. The Morgan fingerprint density at radius 2 is 0.179 bits per heavy atom. The number of rotatable bonds is 0. The zero-order chi connectivity index (χ0) is 27.0. The monoisotopic (exact) mass is 1140 g/mol. The van der Waals surface area contributed by atoms with Crippen molar-refractivity contribution in [1.82, 2.24) is 0 Å². The molecular weight excluding hydrogens is 1140 g/mol. The molecule has 0 bridgehead atoms. The van der Waals surface area contributed by atoms with E-state index in [1.165, 1.54) is 0 Å². The van der Waals surface area contributed by atoms with E-state index in [2.05, 4.69) is 0 Å². The summed E-state index contributed by atoms with van der Waals surface area (Å²) in [5.74, 6) is 0. The zero-order valence-electron chi connectivity index (χ0n) is 15.3. The molecule has 0 aliphatic carbocycles. The normalized spacial score (nSPS) is 9.23. The van der Waals surface area contributed by atoms with Gasteiger partial charge < -0.3 is 111 Å². The molecule has 0 fully saturated rings. The molecule has 0 aromatic carbocycles. The average Bonchev–Trinajstić information content (AvgIpc) is 1.94. The molecule has 0 rings (SSSR count). The quantitative estimate of drug-likeness (QED) is 0.123. The number of hydrogen-bond donors (Lipinski definition) is 0. The van der Waals surface area contributed by atoms with Gasteiger partial charge in [0.1, 0.15) is 0 Å². The van der Waals surface area contributed by atoms with Gasteiger partial charge in [0.15, 0.2) is 0 Å². The minimum Gasteiger partial charge on any atom is -0.857 e. The molecule has 0 aromatic heterocycles. The first-order chi connectivity index (χ1) is 12.0. The Labute approximate surface area is 316 Å². The Hall–Kier alpha value is 4.84. The summed E-state index contributed by atoms with van der Waals surface area (Å²) in [6, 6.07) is 0. The van der Waals surface area contributed by atoms with Crippen molar-refractivity contribution in [3.8, 4) is 0 Å². The van der Waals surface area contributed by atoms with Crippen LogP contribution >= 0.6 is 0 Å². The first kappa shape index (κ1) is 96.7. The molecule has 0 saturated heterocycles. The fraction of sp³-hybridized carbons (Fsp3) is 0. The summed E-state index contributed by atoms with van der Waals surface area (Å²) in [5, 5.41) is 0. The molecule has 0 N–H and O–H groups in total. The topological polar surface area (TPSA) is 415 Å². The second-order valence-corrected chi connectivity index (χ2v) is 8.67. The zero-order valence-corrected chi connectivity index (χ0v) is 29.8.